The Hall–Kier alpha value is -0.270. The van der Waals surface area contributed by atoms with E-state index in [0.29, 0.717) is 12.5 Å². The van der Waals surface area contributed by atoms with Crippen molar-refractivity contribution >= 4 is 40.3 Å². The average molecular weight is 506 g/mol. The summed E-state index contributed by atoms with van der Waals surface area (Å²) in [5.74, 6) is 2.01. The first-order chi connectivity index (χ1) is 12.6. The number of esters is 1. The number of rotatable bonds is 12. The largest absolute Gasteiger partial charge is 0.465 e. The Morgan fingerprint density at radius 3 is 2.56 bits per heavy atom. The standard InChI is InChI=1S/C22H35IO3S/c1-17(2)15-26-20(25)22(5,18-8-6-9-19(23)14-18)11-7-10-21(3,4)16-27-13-12-24/h6,8-9,14,17,24H,7,10-13,15-16H2,1-5H3. The van der Waals surface area contributed by atoms with Crippen LogP contribution < -0.4 is 0 Å². The van der Waals surface area contributed by atoms with Crippen LogP contribution in [0.15, 0.2) is 24.3 Å². The van der Waals surface area contributed by atoms with Crippen LogP contribution in [0, 0.1) is 14.9 Å². The quantitative estimate of drug-likeness (QED) is 0.226. The molecular weight excluding hydrogens is 471 g/mol. The molecule has 0 aliphatic carbocycles. The van der Waals surface area contributed by atoms with E-state index in [1.54, 1.807) is 11.8 Å². The second-order valence-corrected chi connectivity index (χ2v) is 11.0. The van der Waals surface area contributed by atoms with Gasteiger partial charge in [0.15, 0.2) is 0 Å². The van der Waals surface area contributed by atoms with Gasteiger partial charge >= 0.3 is 5.97 Å². The first-order valence-electron chi connectivity index (χ1n) is 9.72. The molecule has 0 saturated heterocycles. The topological polar surface area (TPSA) is 46.5 Å². The van der Waals surface area contributed by atoms with Gasteiger partial charge in [-0.05, 0) is 77.1 Å². The van der Waals surface area contributed by atoms with Crippen molar-refractivity contribution in [3.05, 3.63) is 33.4 Å². The molecule has 1 rings (SSSR count). The minimum atomic E-state index is -0.621. The Morgan fingerprint density at radius 2 is 1.96 bits per heavy atom. The lowest BCUT2D eigenvalue weighted by Crippen LogP contribution is -2.35. The number of carbonyl (C=O) groups excluding carboxylic acids is 1. The van der Waals surface area contributed by atoms with Crippen molar-refractivity contribution in [1.82, 2.24) is 0 Å². The smallest absolute Gasteiger partial charge is 0.316 e. The van der Waals surface area contributed by atoms with Crippen LogP contribution in [0.1, 0.15) is 59.4 Å². The lowest BCUT2D eigenvalue weighted by Gasteiger charge is -2.31. The van der Waals surface area contributed by atoms with Crippen molar-refractivity contribution in [2.45, 2.75) is 59.3 Å². The van der Waals surface area contributed by atoms with Crippen LogP contribution in [0.3, 0.4) is 0 Å². The first kappa shape index (κ1) is 24.8. The van der Waals surface area contributed by atoms with Crippen molar-refractivity contribution in [1.29, 1.82) is 0 Å². The predicted molar refractivity (Wildman–Crippen MR) is 124 cm³/mol. The zero-order valence-electron chi connectivity index (χ0n) is 17.4. The van der Waals surface area contributed by atoms with Crippen LogP contribution in [-0.4, -0.2) is 35.8 Å². The van der Waals surface area contributed by atoms with Gasteiger partial charge in [-0.1, -0.05) is 46.2 Å². The summed E-state index contributed by atoms with van der Waals surface area (Å²) in [4.78, 5) is 13.0. The fourth-order valence-electron chi connectivity index (χ4n) is 3.00. The molecule has 0 aliphatic heterocycles. The lowest BCUT2D eigenvalue weighted by atomic mass is 9.76. The summed E-state index contributed by atoms with van der Waals surface area (Å²) >= 11 is 4.09. The van der Waals surface area contributed by atoms with Gasteiger partial charge in [0.1, 0.15) is 0 Å². The third-order valence-electron chi connectivity index (χ3n) is 4.72. The van der Waals surface area contributed by atoms with Crippen LogP contribution in [-0.2, 0) is 14.9 Å². The van der Waals surface area contributed by atoms with Gasteiger partial charge in [0.05, 0.1) is 18.6 Å². The second kappa shape index (κ2) is 11.7. The van der Waals surface area contributed by atoms with E-state index in [2.05, 4.69) is 56.4 Å². The molecule has 1 atom stereocenters. The zero-order chi connectivity index (χ0) is 20.5. The molecule has 154 valence electrons. The highest BCUT2D eigenvalue weighted by Gasteiger charge is 2.37. The van der Waals surface area contributed by atoms with Gasteiger partial charge in [0, 0.05) is 9.32 Å². The molecule has 0 spiro atoms. The van der Waals surface area contributed by atoms with E-state index < -0.39 is 5.41 Å². The number of carbonyl (C=O) groups is 1. The monoisotopic (exact) mass is 506 g/mol. The van der Waals surface area contributed by atoms with E-state index in [1.807, 2.05) is 25.1 Å². The van der Waals surface area contributed by atoms with E-state index in [0.717, 1.165) is 39.9 Å². The molecule has 0 aliphatic rings. The molecule has 0 amide bonds. The first-order valence-corrected chi connectivity index (χ1v) is 12.0. The van der Waals surface area contributed by atoms with Crippen LogP contribution in [0.2, 0.25) is 0 Å². The Morgan fingerprint density at radius 1 is 1.26 bits per heavy atom. The highest BCUT2D eigenvalue weighted by atomic mass is 127. The number of hydrogen-bond acceptors (Lipinski definition) is 4. The van der Waals surface area contributed by atoms with Crippen LogP contribution in [0.25, 0.3) is 0 Å². The molecule has 0 saturated carbocycles. The Balaban J connectivity index is 2.84. The molecule has 1 unspecified atom stereocenters. The van der Waals surface area contributed by atoms with E-state index in [4.69, 9.17) is 9.84 Å². The maximum absolute atomic E-state index is 13.0. The van der Waals surface area contributed by atoms with Crippen molar-refractivity contribution in [2.24, 2.45) is 11.3 Å². The molecule has 5 heteroatoms. The molecule has 0 heterocycles. The summed E-state index contributed by atoms with van der Waals surface area (Å²) in [6, 6.07) is 8.20. The number of thioether (sulfide) groups is 1. The molecule has 0 bridgehead atoms. The van der Waals surface area contributed by atoms with Gasteiger partial charge in [0.25, 0.3) is 0 Å². The summed E-state index contributed by atoms with van der Waals surface area (Å²) in [6.45, 7) is 11.4. The minimum absolute atomic E-state index is 0.120. The highest BCUT2D eigenvalue weighted by molar-refractivity contribution is 14.1. The van der Waals surface area contributed by atoms with Crippen molar-refractivity contribution in [3.8, 4) is 0 Å². The van der Waals surface area contributed by atoms with Crippen molar-refractivity contribution in [3.63, 3.8) is 0 Å². The molecule has 1 aromatic rings. The Kier molecular flexibility index (Phi) is 10.7. The number of benzene rings is 1. The Bertz CT molecular complexity index is 589. The third kappa shape index (κ3) is 8.73. The summed E-state index contributed by atoms with van der Waals surface area (Å²) in [6.07, 6.45) is 2.78. The second-order valence-electron chi connectivity index (χ2n) is 8.63. The predicted octanol–water partition coefficient (Wildman–Crippen LogP) is 5.67. The van der Waals surface area contributed by atoms with Gasteiger partial charge < -0.3 is 9.84 Å². The maximum Gasteiger partial charge on any atom is 0.316 e. The molecule has 0 aromatic heterocycles. The fourth-order valence-corrected chi connectivity index (χ4v) is 4.52. The van der Waals surface area contributed by atoms with E-state index >= 15 is 0 Å². The summed E-state index contributed by atoms with van der Waals surface area (Å²) in [5, 5.41) is 8.97. The van der Waals surface area contributed by atoms with Gasteiger partial charge in [-0.3, -0.25) is 4.79 Å². The lowest BCUT2D eigenvalue weighted by molar-refractivity contribution is -0.151. The Labute approximate surface area is 183 Å². The summed E-state index contributed by atoms with van der Waals surface area (Å²) < 4.78 is 6.78. The number of aliphatic hydroxyl groups is 1. The van der Waals surface area contributed by atoms with Gasteiger partial charge in [-0.25, -0.2) is 0 Å². The molecular formula is C22H35IO3S. The average Bonchev–Trinajstić information content (AvgIpc) is 2.59. The number of ether oxygens (including phenoxy) is 1. The van der Waals surface area contributed by atoms with Crippen molar-refractivity contribution in [2.75, 3.05) is 24.7 Å². The summed E-state index contributed by atoms with van der Waals surface area (Å²) in [5.41, 5.74) is 0.605. The van der Waals surface area contributed by atoms with Crippen LogP contribution >= 0.6 is 34.4 Å². The molecule has 1 N–H and O–H groups in total. The van der Waals surface area contributed by atoms with E-state index in [1.165, 1.54) is 0 Å². The molecule has 1 aromatic carbocycles. The van der Waals surface area contributed by atoms with Gasteiger partial charge in [0.2, 0.25) is 0 Å². The van der Waals surface area contributed by atoms with E-state index in [9.17, 15) is 4.79 Å². The zero-order valence-corrected chi connectivity index (χ0v) is 20.4. The number of halogens is 1. The normalized spacial score (nSPS) is 14.2. The van der Waals surface area contributed by atoms with Crippen molar-refractivity contribution < 1.29 is 14.6 Å². The van der Waals surface area contributed by atoms with Gasteiger partial charge in [-0.15, -0.1) is 0 Å². The fraction of sp³-hybridized carbons (Fsp3) is 0.682. The SMILES string of the molecule is CC(C)COC(=O)C(C)(CCCC(C)(C)CSCCO)c1cccc(I)c1. The molecule has 0 radical (unpaired) electrons. The number of aliphatic hydroxyl groups excluding tert-OH is 1. The van der Waals surface area contributed by atoms with E-state index in [-0.39, 0.29) is 18.0 Å². The third-order valence-corrected chi connectivity index (χ3v) is 6.85. The minimum Gasteiger partial charge on any atom is -0.465 e. The summed E-state index contributed by atoms with van der Waals surface area (Å²) in [7, 11) is 0. The van der Waals surface area contributed by atoms with Crippen LogP contribution in [0.5, 0.6) is 0 Å². The van der Waals surface area contributed by atoms with Gasteiger partial charge in [-0.2, -0.15) is 11.8 Å². The molecule has 3 nitrogen and oxygen atoms in total. The van der Waals surface area contributed by atoms with Crippen LogP contribution in [0.4, 0.5) is 0 Å². The maximum atomic E-state index is 13.0. The highest BCUT2D eigenvalue weighted by Crippen LogP contribution is 2.35. The molecule has 0 fully saturated rings. The molecule has 27 heavy (non-hydrogen) atoms. The number of hydrogen-bond donors (Lipinski definition) is 1.